The molecule has 90 valence electrons. The fraction of sp³-hybridized carbons (Fsp3) is 0.778. The summed E-state index contributed by atoms with van der Waals surface area (Å²) in [5, 5.41) is 0. The Kier molecular flexibility index (Phi) is 2.65. The summed E-state index contributed by atoms with van der Waals surface area (Å²) >= 11 is 0. The van der Waals surface area contributed by atoms with Gasteiger partial charge >= 0.3 is 6.03 Å². The summed E-state index contributed by atoms with van der Waals surface area (Å²) in [4.78, 5) is 26.1. The van der Waals surface area contributed by atoms with Crippen molar-refractivity contribution in [3.63, 3.8) is 0 Å². The lowest BCUT2D eigenvalue weighted by Crippen LogP contribution is -2.61. The van der Waals surface area contributed by atoms with Gasteiger partial charge in [0.15, 0.2) is 9.84 Å². The van der Waals surface area contributed by atoms with E-state index >= 15 is 0 Å². The predicted octanol–water partition coefficient (Wildman–Crippen LogP) is -0.542. The van der Waals surface area contributed by atoms with Crippen LogP contribution in [0.3, 0.4) is 0 Å². The van der Waals surface area contributed by atoms with Crippen LogP contribution in [-0.4, -0.2) is 60.8 Å². The topological polar surface area (TPSA) is 74.8 Å². The highest BCUT2D eigenvalue weighted by Gasteiger charge is 2.42. The molecule has 0 aliphatic carbocycles. The van der Waals surface area contributed by atoms with Gasteiger partial charge in [-0.25, -0.2) is 13.2 Å². The number of sulfone groups is 1. The van der Waals surface area contributed by atoms with Crippen LogP contribution < -0.4 is 0 Å². The monoisotopic (exact) mass is 246 g/mol. The lowest BCUT2D eigenvalue weighted by Gasteiger charge is -2.42. The molecular formula is C9H14N2O4S. The molecule has 1 unspecified atom stereocenters. The maximum Gasteiger partial charge on any atom is 0.327 e. The number of carbonyl (C=O) groups excluding carboxylic acids is 2. The van der Waals surface area contributed by atoms with Gasteiger partial charge < -0.3 is 4.90 Å². The van der Waals surface area contributed by atoms with E-state index < -0.39 is 15.9 Å². The van der Waals surface area contributed by atoms with Crippen LogP contribution in [0, 0.1) is 0 Å². The van der Waals surface area contributed by atoms with Crippen LogP contribution in [0.1, 0.15) is 13.3 Å². The van der Waals surface area contributed by atoms with Crippen molar-refractivity contribution < 1.29 is 18.0 Å². The molecular weight excluding hydrogens is 232 g/mol. The molecule has 2 saturated heterocycles. The van der Waals surface area contributed by atoms with E-state index in [9.17, 15) is 18.0 Å². The highest BCUT2D eigenvalue weighted by Crippen LogP contribution is 2.22. The Labute approximate surface area is 94.1 Å². The minimum Gasteiger partial charge on any atom is -0.319 e. The quantitative estimate of drug-likeness (QED) is 0.622. The Morgan fingerprint density at radius 2 is 2.06 bits per heavy atom. The highest BCUT2D eigenvalue weighted by atomic mass is 32.2. The maximum atomic E-state index is 11.8. The van der Waals surface area contributed by atoms with Crippen LogP contribution in [0.5, 0.6) is 0 Å². The standard InChI is InChI=1S/C9H14N2O4S/c1-2-10-8(12)5-7-6-16(14,15)4-3-11(7)9(10)13/h7H,2-6H2,1H3. The number of hydrogen-bond donors (Lipinski definition) is 0. The summed E-state index contributed by atoms with van der Waals surface area (Å²) < 4.78 is 22.8. The molecule has 7 heteroatoms. The number of imide groups is 1. The molecule has 2 aliphatic heterocycles. The molecule has 0 bridgehead atoms. The molecule has 0 saturated carbocycles. The van der Waals surface area contributed by atoms with Crippen molar-refractivity contribution >= 4 is 21.8 Å². The number of rotatable bonds is 1. The largest absolute Gasteiger partial charge is 0.327 e. The van der Waals surface area contributed by atoms with E-state index in [-0.39, 0.29) is 36.4 Å². The van der Waals surface area contributed by atoms with E-state index in [0.29, 0.717) is 6.54 Å². The van der Waals surface area contributed by atoms with E-state index in [0.717, 1.165) is 0 Å². The molecule has 0 N–H and O–H groups in total. The van der Waals surface area contributed by atoms with Gasteiger partial charge in [0.05, 0.1) is 17.5 Å². The second kappa shape index (κ2) is 3.73. The number of amides is 3. The first-order chi connectivity index (χ1) is 7.44. The molecule has 2 heterocycles. The molecule has 1 atom stereocenters. The van der Waals surface area contributed by atoms with Crippen LogP contribution in [0.15, 0.2) is 0 Å². The smallest absolute Gasteiger partial charge is 0.319 e. The minimum absolute atomic E-state index is 0.000977. The number of nitrogens with zero attached hydrogens (tertiary/aromatic N) is 2. The van der Waals surface area contributed by atoms with Gasteiger partial charge in [-0.1, -0.05) is 0 Å². The number of fused-ring (bicyclic) bond motifs is 1. The van der Waals surface area contributed by atoms with Gasteiger partial charge in [-0.05, 0) is 6.92 Å². The van der Waals surface area contributed by atoms with Gasteiger partial charge in [0, 0.05) is 19.5 Å². The van der Waals surface area contributed by atoms with Gasteiger partial charge in [0.2, 0.25) is 5.91 Å². The van der Waals surface area contributed by atoms with Crippen molar-refractivity contribution in [3.05, 3.63) is 0 Å². The molecule has 0 aromatic rings. The van der Waals surface area contributed by atoms with Crippen LogP contribution in [0.4, 0.5) is 4.79 Å². The van der Waals surface area contributed by atoms with Gasteiger partial charge in [-0.15, -0.1) is 0 Å². The zero-order valence-corrected chi connectivity index (χ0v) is 9.87. The highest BCUT2D eigenvalue weighted by molar-refractivity contribution is 7.91. The van der Waals surface area contributed by atoms with Gasteiger partial charge in [0.25, 0.3) is 0 Å². The number of carbonyl (C=O) groups is 2. The summed E-state index contributed by atoms with van der Waals surface area (Å²) in [7, 11) is -3.09. The van der Waals surface area contributed by atoms with Crippen molar-refractivity contribution in [1.82, 2.24) is 9.80 Å². The first-order valence-corrected chi connectivity index (χ1v) is 7.08. The summed E-state index contributed by atoms with van der Waals surface area (Å²) in [6.07, 6.45) is 0.124. The minimum atomic E-state index is -3.09. The molecule has 2 aliphatic rings. The van der Waals surface area contributed by atoms with Gasteiger partial charge in [0.1, 0.15) is 0 Å². The Bertz CT molecular complexity index is 431. The van der Waals surface area contributed by atoms with Crippen LogP contribution in [-0.2, 0) is 14.6 Å². The molecule has 0 radical (unpaired) electrons. The Morgan fingerprint density at radius 3 is 2.69 bits per heavy atom. The molecule has 16 heavy (non-hydrogen) atoms. The van der Waals surface area contributed by atoms with Gasteiger partial charge in [-0.2, -0.15) is 0 Å². The fourth-order valence-corrected chi connectivity index (χ4v) is 3.72. The van der Waals surface area contributed by atoms with E-state index in [1.54, 1.807) is 6.92 Å². The molecule has 0 spiro atoms. The molecule has 6 nitrogen and oxygen atoms in total. The van der Waals surface area contributed by atoms with E-state index in [1.165, 1.54) is 9.80 Å². The van der Waals surface area contributed by atoms with Crippen molar-refractivity contribution in [2.45, 2.75) is 19.4 Å². The zero-order chi connectivity index (χ0) is 11.9. The summed E-state index contributed by atoms with van der Waals surface area (Å²) in [6.45, 7) is 2.28. The molecule has 0 aromatic heterocycles. The summed E-state index contributed by atoms with van der Waals surface area (Å²) in [5.74, 6) is -0.353. The van der Waals surface area contributed by atoms with E-state index in [4.69, 9.17) is 0 Å². The second-order valence-electron chi connectivity index (χ2n) is 4.09. The Morgan fingerprint density at radius 1 is 1.38 bits per heavy atom. The van der Waals surface area contributed by atoms with Crippen molar-refractivity contribution in [2.75, 3.05) is 24.6 Å². The SMILES string of the molecule is CCN1C(=O)CC2CS(=O)(=O)CCN2C1=O. The van der Waals surface area contributed by atoms with E-state index in [2.05, 4.69) is 0 Å². The predicted molar refractivity (Wildman–Crippen MR) is 56.5 cm³/mol. The van der Waals surface area contributed by atoms with E-state index in [1.807, 2.05) is 0 Å². The first kappa shape index (κ1) is 11.4. The number of hydrogen-bond acceptors (Lipinski definition) is 4. The Hall–Kier alpha value is -1.11. The maximum absolute atomic E-state index is 11.8. The molecule has 2 fully saturated rings. The lowest BCUT2D eigenvalue weighted by atomic mass is 10.1. The van der Waals surface area contributed by atoms with Crippen molar-refractivity contribution in [2.24, 2.45) is 0 Å². The van der Waals surface area contributed by atoms with Crippen molar-refractivity contribution in [3.8, 4) is 0 Å². The second-order valence-corrected chi connectivity index (χ2v) is 6.31. The normalized spacial score (nSPS) is 29.2. The number of urea groups is 1. The zero-order valence-electron chi connectivity index (χ0n) is 9.05. The molecule has 3 amide bonds. The third-order valence-corrected chi connectivity index (χ3v) is 4.73. The van der Waals surface area contributed by atoms with Crippen molar-refractivity contribution in [1.29, 1.82) is 0 Å². The Balaban J connectivity index is 2.23. The van der Waals surface area contributed by atoms with Crippen LogP contribution in [0.2, 0.25) is 0 Å². The lowest BCUT2D eigenvalue weighted by molar-refractivity contribution is -0.132. The fourth-order valence-electron chi connectivity index (χ4n) is 2.19. The van der Waals surface area contributed by atoms with Gasteiger partial charge in [-0.3, -0.25) is 9.69 Å². The summed E-state index contributed by atoms with van der Waals surface area (Å²) in [5.41, 5.74) is 0. The average Bonchev–Trinajstić information content (AvgIpc) is 2.16. The van der Waals surface area contributed by atoms with Crippen LogP contribution in [0.25, 0.3) is 0 Å². The molecule has 0 aromatic carbocycles. The average molecular weight is 246 g/mol. The third kappa shape index (κ3) is 1.79. The van der Waals surface area contributed by atoms with Crippen LogP contribution >= 0.6 is 0 Å². The summed E-state index contributed by atoms with van der Waals surface area (Å²) in [6, 6.07) is -0.805. The third-order valence-electron chi connectivity index (χ3n) is 3.03. The molecule has 2 rings (SSSR count). The first-order valence-electron chi connectivity index (χ1n) is 5.26.